The van der Waals surface area contributed by atoms with Gasteiger partial charge in [0.15, 0.2) is 5.82 Å². The zero-order valence-electron chi connectivity index (χ0n) is 25.1. The highest BCUT2D eigenvalue weighted by Gasteiger charge is 2.29. The normalized spacial score (nSPS) is 14.3. The molecule has 1 aromatic heterocycles. The first kappa shape index (κ1) is 31.4. The fourth-order valence-corrected chi connectivity index (χ4v) is 6.37. The Morgan fingerprint density at radius 1 is 0.881 bits per heavy atom. The molecule has 0 spiro atoms. The van der Waals surface area contributed by atoms with Gasteiger partial charge in [-0.25, -0.2) is 8.42 Å². The third kappa shape index (κ3) is 7.84. The smallest absolute Gasteiger partial charge is 0.243 e. The highest BCUT2D eigenvalue weighted by atomic mass is 32.2. The number of likely N-dealkylation sites (N-methyl/N-ethyl adjacent to an activating group) is 1. The maximum atomic E-state index is 13.6. The van der Waals surface area contributed by atoms with Gasteiger partial charge < -0.3 is 19.4 Å². The van der Waals surface area contributed by atoms with Crippen LogP contribution in [0.2, 0.25) is 0 Å². The molecule has 1 fully saturated rings. The molecule has 0 bridgehead atoms. The van der Waals surface area contributed by atoms with Crippen LogP contribution in [0.1, 0.15) is 25.8 Å². The first-order chi connectivity index (χ1) is 20.2. The Morgan fingerprint density at radius 2 is 1.60 bits per heavy atom. The number of benzene rings is 2. The molecule has 1 aliphatic heterocycles. The Bertz CT molecular complexity index is 1390. The van der Waals surface area contributed by atoms with Gasteiger partial charge in [-0.3, -0.25) is 4.79 Å². The fourth-order valence-electron chi connectivity index (χ4n) is 4.99. The van der Waals surface area contributed by atoms with Crippen LogP contribution < -0.4 is 9.64 Å². The van der Waals surface area contributed by atoms with Gasteiger partial charge in [0.05, 0.1) is 24.2 Å². The van der Waals surface area contributed by atoms with Gasteiger partial charge in [0.1, 0.15) is 5.75 Å². The number of sulfonamides is 1. The lowest BCUT2D eigenvalue weighted by molar-refractivity contribution is -0.131. The average Bonchev–Trinajstić information content (AvgIpc) is 3.28. The number of aryl methyl sites for hydroxylation is 1. The molecule has 10 nitrogen and oxygen atoms in total. The van der Waals surface area contributed by atoms with E-state index in [0.29, 0.717) is 26.2 Å². The van der Waals surface area contributed by atoms with Gasteiger partial charge in [0.25, 0.3) is 0 Å². The number of methoxy groups -OCH3 is 1. The number of hydrogen-bond acceptors (Lipinski definition) is 8. The quantitative estimate of drug-likeness (QED) is 0.314. The SMILES string of the molecule is CCN(CC)CCN(CC(=O)N1CCCN(c2ccc(-c3ccc(OC)cc3)nn2)CC1)S(=O)(=O)c1ccc(C)cc1. The summed E-state index contributed by atoms with van der Waals surface area (Å²) in [4.78, 5) is 19.8. The van der Waals surface area contributed by atoms with Gasteiger partial charge in [0.2, 0.25) is 15.9 Å². The standard InChI is InChI=1S/C31H42N6O4S/c1-5-34(6-2)20-23-37(42(39,40)28-14-8-25(3)9-15-28)24-31(38)36-19-7-18-35(21-22-36)30-17-16-29(32-33-30)26-10-12-27(41-4)13-11-26/h8-17H,5-7,18-24H2,1-4H3. The lowest BCUT2D eigenvalue weighted by Crippen LogP contribution is -2.46. The third-order valence-electron chi connectivity index (χ3n) is 7.74. The van der Waals surface area contributed by atoms with Crippen LogP contribution in [0.3, 0.4) is 0 Å². The van der Waals surface area contributed by atoms with E-state index in [-0.39, 0.29) is 23.9 Å². The van der Waals surface area contributed by atoms with Crippen molar-refractivity contribution in [2.45, 2.75) is 32.1 Å². The molecule has 42 heavy (non-hydrogen) atoms. The molecule has 1 amide bonds. The summed E-state index contributed by atoms with van der Waals surface area (Å²) in [6.07, 6.45) is 0.748. The highest BCUT2D eigenvalue weighted by molar-refractivity contribution is 7.89. The van der Waals surface area contributed by atoms with Crippen LogP contribution in [0.15, 0.2) is 65.6 Å². The monoisotopic (exact) mass is 594 g/mol. The molecule has 0 saturated carbocycles. The number of rotatable bonds is 12. The molecule has 0 unspecified atom stereocenters. The molecular weight excluding hydrogens is 552 g/mol. The van der Waals surface area contributed by atoms with Crippen LogP contribution in [0, 0.1) is 6.92 Å². The topological polar surface area (TPSA) is 99.2 Å². The Kier molecular flexibility index (Phi) is 10.9. The van der Waals surface area contributed by atoms with Gasteiger partial charge in [0, 0.05) is 44.8 Å². The summed E-state index contributed by atoms with van der Waals surface area (Å²) in [6.45, 7) is 10.6. The van der Waals surface area contributed by atoms with E-state index in [2.05, 4.69) is 20.0 Å². The van der Waals surface area contributed by atoms with Crippen LogP contribution in [0.4, 0.5) is 5.82 Å². The molecule has 3 aromatic rings. The molecular formula is C31H42N6O4S. The molecule has 0 N–H and O–H groups in total. The average molecular weight is 595 g/mol. The predicted octanol–water partition coefficient (Wildman–Crippen LogP) is 3.53. The minimum absolute atomic E-state index is 0.187. The second-order valence-corrected chi connectivity index (χ2v) is 12.3. The number of amides is 1. The van der Waals surface area contributed by atoms with Crippen LogP contribution in [0.25, 0.3) is 11.3 Å². The minimum Gasteiger partial charge on any atom is -0.497 e. The number of carbonyl (C=O) groups is 1. The third-order valence-corrected chi connectivity index (χ3v) is 9.60. The summed E-state index contributed by atoms with van der Waals surface area (Å²) in [7, 11) is -2.20. The zero-order chi connectivity index (χ0) is 30.1. The van der Waals surface area contributed by atoms with E-state index in [4.69, 9.17) is 4.74 Å². The van der Waals surface area contributed by atoms with E-state index in [1.54, 1.807) is 36.3 Å². The largest absolute Gasteiger partial charge is 0.497 e. The van der Waals surface area contributed by atoms with Crippen molar-refractivity contribution in [3.05, 3.63) is 66.2 Å². The number of hydrogen-bond donors (Lipinski definition) is 0. The Hall–Kier alpha value is -3.54. The zero-order valence-corrected chi connectivity index (χ0v) is 25.9. The Balaban J connectivity index is 1.42. The summed E-state index contributed by atoms with van der Waals surface area (Å²) in [5.41, 5.74) is 2.70. The number of ether oxygens (including phenoxy) is 1. The maximum absolute atomic E-state index is 13.6. The number of aromatic nitrogens is 2. The van der Waals surface area contributed by atoms with Gasteiger partial charge in [-0.15, -0.1) is 10.2 Å². The Labute approximate surface area is 249 Å². The van der Waals surface area contributed by atoms with E-state index in [0.717, 1.165) is 54.4 Å². The summed E-state index contributed by atoms with van der Waals surface area (Å²) in [5.74, 6) is 1.35. The molecule has 1 saturated heterocycles. The van der Waals surface area contributed by atoms with Crippen LogP contribution in [-0.4, -0.2) is 105 Å². The number of nitrogens with zero attached hydrogens (tertiary/aromatic N) is 6. The molecule has 0 aliphatic carbocycles. The molecule has 0 atom stereocenters. The van der Waals surface area contributed by atoms with E-state index in [1.807, 2.05) is 57.2 Å². The van der Waals surface area contributed by atoms with E-state index >= 15 is 0 Å². The lowest BCUT2D eigenvalue weighted by Gasteiger charge is -2.28. The number of anilines is 1. The second-order valence-electron chi connectivity index (χ2n) is 10.4. The molecule has 0 radical (unpaired) electrons. The maximum Gasteiger partial charge on any atom is 0.243 e. The van der Waals surface area contributed by atoms with Gasteiger partial charge in [-0.2, -0.15) is 4.31 Å². The minimum atomic E-state index is -3.83. The van der Waals surface area contributed by atoms with Gasteiger partial charge in [-0.05, 0) is 75.0 Å². The van der Waals surface area contributed by atoms with Crippen LogP contribution in [0.5, 0.6) is 5.75 Å². The predicted molar refractivity (Wildman–Crippen MR) is 165 cm³/mol. The lowest BCUT2D eigenvalue weighted by atomic mass is 10.1. The first-order valence-electron chi connectivity index (χ1n) is 14.5. The van der Waals surface area contributed by atoms with Gasteiger partial charge in [-0.1, -0.05) is 31.5 Å². The van der Waals surface area contributed by atoms with Crippen molar-refractivity contribution in [2.24, 2.45) is 0 Å². The first-order valence-corrected chi connectivity index (χ1v) is 16.0. The second kappa shape index (κ2) is 14.6. The van der Waals surface area contributed by atoms with Crippen molar-refractivity contribution >= 4 is 21.7 Å². The van der Waals surface area contributed by atoms with Crippen molar-refractivity contribution in [3.63, 3.8) is 0 Å². The molecule has 4 rings (SSSR count). The van der Waals surface area contributed by atoms with Gasteiger partial charge >= 0.3 is 0 Å². The fraction of sp³-hybridized carbons (Fsp3) is 0.452. The molecule has 11 heteroatoms. The summed E-state index contributed by atoms with van der Waals surface area (Å²) < 4.78 is 33.8. The molecule has 1 aliphatic rings. The Morgan fingerprint density at radius 3 is 2.21 bits per heavy atom. The van der Waals surface area contributed by atoms with Crippen molar-refractivity contribution in [1.82, 2.24) is 24.3 Å². The molecule has 2 heterocycles. The molecule has 2 aromatic carbocycles. The van der Waals surface area contributed by atoms with Crippen molar-refractivity contribution in [3.8, 4) is 17.0 Å². The van der Waals surface area contributed by atoms with Crippen molar-refractivity contribution < 1.29 is 17.9 Å². The number of carbonyl (C=O) groups excluding carboxylic acids is 1. The van der Waals surface area contributed by atoms with Crippen LogP contribution >= 0.6 is 0 Å². The van der Waals surface area contributed by atoms with E-state index < -0.39 is 10.0 Å². The van der Waals surface area contributed by atoms with Crippen LogP contribution in [-0.2, 0) is 14.8 Å². The molecule has 226 valence electrons. The van der Waals surface area contributed by atoms with E-state index in [9.17, 15) is 13.2 Å². The van der Waals surface area contributed by atoms with Crippen molar-refractivity contribution in [1.29, 1.82) is 0 Å². The van der Waals surface area contributed by atoms with Crippen molar-refractivity contribution in [2.75, 3.05) is 70.9 Å². The summed E-state index contributed by atoms with van der Waals surface area (Å²) in [5, 5.41) is 8.88. The summed E-state index contributed by atoms with van der Waals surface area (Å²) >= 11 is 0. The highest BCUT2D eigenvalue weighted by Crippen LogP contribution is 2.22. The van der Waals surface area contributed by atoms with E-state index in [1.165, 1.54) is 4.31 Å². The summed E-state index contributed by atoms with van der Waals surface area (Å²) in [6, 6.07) is 18.4.